The van der Waals surface area contributed by atoms with Gasteiger partial charge in [-0.1, -0.05) is 72.8 Å². The number of amides is 2. The lowest BCUT2D eigenvalue weighted by Gasteiger charge is -2.16. The molecule has 2 amide bonds. The zero-order valence-electron chi connectivity index (χ0n) is 28.9. The first-order chi connectivity index (χ1) is 26.0. The van der Waals surface area contributed by atoms with Gasteiger partial charge in [-0.3, -0.25) is 19.0 Å². The monoisotopic (exact) mass is 762 g/mol. The Hall–Kier alpha value is -6.64. The number of carbonyl (C=O) groups excluding carboxylic acids is 2. The number of hydrogen-bond acceptors (Lipinski definition) is 8. The lowest BCUT2D eigenvalue weighted by atomic mass is 10.0. The van der Waals surface area contributed by atoms with E-state index in [1.54, 1.807) is 97.1 Å². The number of hydrogen-bond donors (Lipinski definition) is 4. The van der Waals surface area contributed by atoms with E-state index in [1.807, 2.05) is 0 Å². The first-order valence-corrected chi connectivity index (χ1v) is 19.3. The Labute approximate surface area is 312 Å². The third-order valence-electron chi connectivity index (χ3n) is 8.17. The number of benzene rings is 6. The second kappa shape index (κ2) is 15.9. The fourth-order valence-electron chi connectivity index (χ4n) is 5.47. The quantitative estimate of drug-likeness (QED) is 0.0939. The Morgan fingerprint density at radius 1 is 0.444 bits per heavy atom. The molecule has 12 nitrogen and oxygen atoms in total. The van der Waals surface area contributed by atoms with E-state index in [1.165, 1.54) is 62.8 Å². The average Bonchev–Trinajstić information content (AvgIpc) is 3.19. The molecule has 0 unspecified atom stereocenters. The summed E-state index contributed by atoms with van der Waals surface area (Å²) in [6.45, 7) is 0. The zero-order valence-corrected chi connectivity index (χ0v) is 30.6. The van der Waals surface area contributed by atoms with Crippen molar-refractivity contribution in [1.29, 1.82) is 0 Å². The van der Waals surface area contributed by atoms with Gasteiger partial charge in [-0.2, -0.15) is 0 Å². The summed E-state index contributed by atoms with van der Waals surface area (Å²) in [5.74, 6) is -0.476. The molecule has 0 bridgehead atoms. The number of nitrogens with one attached hydrogen (secondary N) is 4. The molecule has 6 aromatic rings. The fraction of sp³-hybridized carbons (Fsp3) is 0.0500. The van der Waals surface area contributed by atoms with Crippen LogP contribution in [0.3, 0.4) is 0 Å². The van der Waals surface area contributed by atoms with Crippen LogP contribution in [0.2, 0.25) is 0 Å². The number of anilines is 4. The Morgan fingerprint density at radius 2 is 0.796 bits per heavy atom. The molecule has 0 aliphatic heterocycles. The van der Waals surface area contributed by atoms with Crippen molar-refractivity contribution < 1.29 is 35.9 Å². The number of ether oxygens (including phenoxy) is 2. The molecule has 0 fully saturated rings. The molecule has 14 heteroatoms. The number of para-hydroxylation sites is 2. The Balaban J connectivity index is 1.19. The van der Waals surface area contributed by atoms with Gasteiger partial charge < -0.3 is 20.1 Å². The normalized spacial score (nSPS) is 11.2. The Bertz CT molecular complexity index is 2370. The van der Waals surface area contributed by atoms with E-state index in [9.17, 15) is 26.4 Å². The van der Waals surface area contributed by atoms with Crippen LogP contribution in [0.15, 0.2) is 155 Å². The Kier molecular flexibility index (Phi) is 11.0. The smallest absolute Gasteiger partial charge is 0.261 e. The highest BCUT2D eigenvalue weighted by Gasteiger charge is 2.21. The molecule has 0 heterocycles. The Morgan fingerprint density at radius 3 is 1.17 bits per heavy atom. The van der Waals surface area contributed by atoms with Gasteiger partial charge >= 0.3 is 0 Å². The molecule has 0 radical (unpaired) electrons. The molecule has 0 atom stereocenters. The first-order valence-electron chi connectivity index (χ1n) is 16.3. The van der Waals surface area contributed by atoms with Gasteiger partial charge in [-0.05, 0) is 83.9 Å². The third kappa shape index (κ3) is 8.36. The minimum atomic E-state index is -3.95. The summed E-state index contributed by atoms with van der Waals surface area (Å²) < 4.78 is 68.1. The lowest BCUT2D eigenvalue weighted by molar-refractivity contribution is 0.101. The molecule has 0 aromatic heterocycles. The second-order valence-electron chi connectivity index (χ2n) is 11.7. The van der Waals surface area contributed by atoms with Crippen LogP contribution in [0, 0.1) is 0 Å². The van der Waals surface area contributed by atoms with Gasteiger partial charge in [-0.25, -0.2) is 16.8 Å². The van der Waals surface area contributed by atoms with Gasteiger partial charge in [0.1, 0.15) is 11.5 Å². The van der Waals surface area contributed by atoms with Crippen molar-refractivity contribution in [2.75, 3.05) is 34.3 Å². The highest BCUT2D eigenvalue weighted by Crippen LogP contribution is 2.36. The molecule has 0 saturated heterocycles. The SMILES string of the molecule is COc1cc(-c2ccc(NC(=O)c3ccccc3NS(=O)(=O)c3ccccc3)c(OC)c2)ccc1NC(=O)c1ccccc1NS(=O)(=O)c1ccccc1. The van der Waals surface area contributed by atoms with Crippen molar-refractivity contribution in [1.82, 2.24) is 0 Å². The van der Waals surface area contributed by atoms with Crippen LogP contribution in [0.1, 0.15) is 20.7 Å². The summed E-state index contributed by atoms with van der Waals surface area (Å²) >= 11 is 0. The number of rotatable bonds is 13. The van der Waals surface area contributed by atoms with Crippen molar-refractivity contribution in [3.8, 4) is 22.6 Å². The number of sulfonamides is 2. The maximum atomic E-state index is 13.5. The summed E-state index contributed by atoms with van der Waals surface area (Å²) in [7, 11) is -5.00. The zero-order chi connectivity index (χ0) is 38.3. The van der Waals surface area contributed by atoms with E-state index in [0.29, 0.717) is 34.0 Å². The van der Waals surface area contributed by atoms with E-state index in [4.69, 9.17) is 9.47 Å². The molecule has 274 valence electrons. The summed E-state index contributed by atoms with van der Waals surface area (Å²) in [5.41, 5.74) is 2.46. The molecule has 0 spiro atoms. The van der Waals surface area contributed by atoms with Gasteiger partial charge in [0.2, 0.25) is 0 Å². The van der Waals surface area contributed by atoms with E-state index < -0.39 is 31.9 Å². The maximum Gasteiger partial charge on any atom is 0.261 e. The van der Waals surface area contributed by atoms with Crippen LogP contribution in [-0.2, 0) is 20.0 Å². The minimum Gasteiger partial charge on any atom is -0.495 e. The fourth-order valence-corrected chi connectivity index (χ4v) is 7.68. The lowest BCUT2D eigenvalue weighted by Crippen LogP contribution is -2.19. The van der Waals surface area contributed by atoms with Gasteiger partial charge in [-0.15, -0.1) is 0 Å². The standard InChI is InChI=1S/C40H34N4O8S2/c1-51-37-25-27(21-23-35(37)41-39(45)31-17-9-11-19-33(31)43-53(47,48)29-13-5-3-6-14-29)28-22-24-36(38(26-28)52-2)42-40(46)32-18-10-12-20-34(32)44-54(49,50)30-15-7-4-8-16-30/h3-26,43-44H,1-2H3,(H,41,45)(H,42,46). The largest absolute Gasteiger partial charge is 0.495 e. The molecule has 6 rings (SSSR count). The van der Waals surface area contributed by atoms with E-state index in [2.05, 4.69) is 20.1 Å². The highest BCUT2D eigenvalue weighted by atomic mass is 32.2. The van der Waals surface area contributed by atoms with Crippen LogP contribution in [0.25, 0.3) is 11.1 Å². The van der Waals surface area contributed by atoms with E-state index in [-0.39, 0.29) is 32.3 Å². The maximum absolute atomic E-state index is 13.5. The second-order valence-corrected chi connectivity index (χ2v) is 15.0. The van der Waals surface area contributed by atoms with Crippen molar-refractivity contribution in [2.45, 2.75) is 9.79 Å². The first kappa shape index (κ1) is 37.1. The van der Waals surface area contributed by atoms with Crippen LogP contribution >= 0.6 is 0 Å². The van der Waals surface area contributed by atoms with Crippen LogP contribution < -0.4 is 29.6 Å². The predicted octanol–water partition coefficient (Wildman–Crippen LogP) is 7.48. The molecule has 6 aromatic carbocycles. The number of methoxy groups -OCH3 is 2. The minimum absolute atomic E-state index is 0.0549. The molecule has 0 aliphatic rings. The molecule has 4 N–H and O–H groups in total. The summed E-state index contributed by atoms with van der Waals surface area (Å²) in [6, 6.07) is 38.4. The van der Waals surface area contributed by atoms with Crippen molar-refractivity contribution in [3.05, 3.63) is 157 Å². The van der Waals surface area contributed by atoms with Crippen LogP contribution in [-0.4, -0.2) is 42.9 Å². The molecular weight excluding hydrogens is 729 g/mol. The number of carbonyl (C=O) groups is 2. The van der Waals surface area contributed by atoms with Gasteiger partial charge in [0.15, 0.2) is 0 Å². The topological polar surface area (TPSA) is 169 Å². The van der Waals surface area contributed by atoms with Crippen molar-refractivity contribution >= 4 is 54.6 Å². The van der Waals surface area contributed by atoms with E-state index >= 15 is 0 Å². The molecule has 0 aliphatic carbocycles. The summed E-state index contributed by atoms with van der Waals surface area (Å²) in [4.78, 5) is 27.0. The van der Waals surface area contributed by atoms with Crippen LogP contribution in [0.5, 0.6) is 11.5 Å². The van der Waals surface area contributed by atoms with Gasteiger partial charge in [0, 0.05) is 0 Å². The molecule has 0 saturated carbocycles. The summed E-state index contributed by atoms with van der Waals surface area (Å²) in [6.07, 6.45) is 0. The molecular formula is C40H34N4O8S2. The molecule has 54 heavy (non-hydrogen) atoms. The van der Waals surface area contributed by atoms with Crippen molar-refractivity contribution in [2.24, 2.45) is 0 Å². The third-order valence-corrected chi connectivity index (χ3v) is 10.9. The predicted molar refractivity (Wildman–Crippen MR) is 208 cm³/mol. The van der Waals surface area contributed by atoms with Crippen molar-refractivity contribution in [3.63, 3.8) is 0 Å². The van der Waals surface area contributed by atoms with E-state index in [0.717, 1.165) is 0 Å². The average molecular weight is 763 g/mol. The highest BCUT2D eigenvalue weighted by molar-refractivity contribution is 7.93. The van der Waals surface area contributed by atoms with Gasteiger partial charge in [0.05, 0.1) is 57.9 Å². The summed E-state index contributed by atoms with van der Waals surface area (Å²) in [5, 5.41) is 5.61. The van der Waals surface area contributed by atoms with Crippen LogP contribution in [0.4, 0.5) is 22.7 Å². The van der Waals surface area contributed by atoms with Gasteiger partial charge in [0.25, 0.3) is 31.9 Å².